The van der Waals surface area contributed by atoms with E-state index < -0.39 is 12.1 Å². The maximum absolute atomic E-state index is 12.3. The first-order valence-corrected chi connectivity index (χ1v) is 8.93. The van der Waals surface area contributed by atoms with Gasteiger partial charge in [0.05, 0.1) is 12.2 Å². The average molecular weight is 340 g/mol. The van der Waals surface area contributed by atoms with Crippen LogP contribution in [0.2, 0.25) is 0 Å². The Morgan fingerprint density at radius 1 is 0.833 bits per heavy atom. The molecule has 0 bridgehead atoms. The number of likely N-dealkylation sites (tertiary alicyclic amines) is 2. The number of hydrogen-bond donors (Lipinski definition) is 4. The van der Waals surface area contributed by atoms with Crippen LogP contribution in [0.3, 0.4) is 0 Å². The van der Waals surface area contributed by atoms with Crippen molar-refractivity contribution in [2.75, 3.05) is 39.3 Å². The van der Waals surface area contributed by atoms with Crippen LogP contribution in [0.5, 0.6) is 0 Å². The van der Waals surface area contributed by atoms with Crippen molar-refractivity contribution in [2.45, 2.75) is 50.0 Å². The predicted octanol–water partition coefficient (Wildman–Crippen LogP) is -2.12. The number of piperidine rings is 2. The van der Waals surface area contributed by atoms with Gasteiger partial charge in [0, 0.05) is 26.2 Å². The highest BCUT2D eigenvalue weighted by molar-refractivity contribution is 5.97. The number of hydrogen-bond acceptors (Lipinski definition) is 6. The molecule has 0 unspecified atom stereocenters. The van der Waals surface area contributed by atoms with E-state index >= 15 is 0 Å². The molecule has 0 aromatic carbocycles. The van der Waals surface area contributed by atoms with Crippen LogP contribution in [0, 0.1) is 0 Å². The van der Waals surface area contributed by atoms with Gasteiger partial charge in [-0.25, -0.2) is 0 Å². The molecule has 2 amide bonds. The summed E-state index contributed by atoms with van der Waals surface area (Å²) >= 11 is 0. The van der Waals surface area contributed by atoms with Gasteiger partial charge in [-0.15, -0.1) is 0 Å². The second-order valence-electron chi connectivity index (χ2n) is 7.23. The van der Waals surface area contributed by atoms with Crippen LogP contribution in [0.25, 0.3) is 0 Å². The largest absolute Gasteiger partial charge is 0.392 e. The summed E-state index contributed by atoms with van der Waals surface area (Å²) in [7, 11) is 0. The fraction of sp³-hybridized carbons (Fsp3) is 0.875. The molecule has 8 nitrogen and oxygen atoms in total. The van der Waals surface area contributed by atoms with E-state index in [1.807, 2.05) is 9.80 Å². The van der Waals surface area contributed by atoms with Crippen molar-refractivity contribution in [3.63, 3.8) is 0 Å². The SMILES string of the molecule is O=C1N[C@H](CN2CCC[C@H](O)C2)C(=O)N[C@@H]1CN1CCC[C@H](O)C1. The molecule has 3 rings (SSSR count). The van der Waals surface area contributed by atoms with E-state index in [0.717, 1.165) is 38.8 Å². The second kappa shape index (κ2) is 7.77. The van der Waals surface area contributed by atoms with Crippen molar-refractivity contribution in [3.05, 3.63) is 0 Å². The molecular weight excluding hydrogens is 312 g/mol. The predicted molar refractivity (Wildman–Crippen MR) is 87.2 cm³/mol. The monoisotopic (exact) mass is 340 g/mol. The van der Waals surface area contributed by atoms with E-state index in [1.54, 1.807) is 0 Å². The number of carbonyl (C=O) groups excluding carboxylic acids is 2. The normalized spacial score (nSPS) is 36.2. The lowest BCUT2D eigenvalue weighted by Gasteiger charge is -2.38. The van der Waals surface area contributed by atoms with Crippen molar-refractivity contribution >= 4 is 11.8 Å². The van der Waals surface area contributed by atoms with Gasteiger partial charge in [0.1, 0.15) is 12.1 Å². The maximum atomic E-state index is 12.3. The van der Waals surface area contributed by atoms with E-state index in [9.17, 15) is 19.8 Å². The summed E-state index contributed by atoms with van der Waals surface area (Å²) in [6, 6.07) is -1.13. The van der Waals surface area contributed by atoms with Gasteiger partial charge in [0.15, 0.2) is 0 Å². The lowest BCUT2D eigenvalue weighted by Crippen LogP contribution is -2.67. The summed E-state index contributed by atoms with van der Waals surface area (Å²) in [5.41, 5.74) is 0. The fourth-order valence-electron chi connectivity index (χ4n) is 3.84. The molecular formula is C16H28N4O4. The van der Waals surface area contributed by atoms with E-state index in [4.69, 9.17) is 0 Å². The highest BCUT2D eigenvalue weighted by Crippen LogP contribution is 2.13. The molecule has 3 aliphatic rings. The number of amides is 2. The van der Waals surface area contributed by atoms with Gasteiger partial charge in [-0.05, 0) is 38.8 Å². The molecule has 3 heterocycles. The third-order valence-corrected chi connectivity index (χ3v) is 5.11. The number of β-amino-alcohol motifs (C(OH)–C–C–N with tert-alkyl or cyclic N) is 2. The number of piperazine rings is 1. The summed E-state index contributed by atoms with van der Waals surface area (Å²) in [4.78, 5) is 28.7. The van der Waals surface area contributed by atoms with Crippen LogP contribution in [0.4, 0.5) is 0 Å². The number of nitrogens with zero attached hydrogens (tertiary/aromatic N) is 2. The number of nitrogens with one attached hydrogen (secondary N) is 2. The Morgan fingerprint density at radius 3 is 1.62 bits per heavy atom. The number of rotatable bonds is 4. The maximum Gasteiger partial charge on any atom is 0.244 e. The first kappa shape index (κ1) is 17.6. The third-order valence-electron chi connectivity index (χ3n) is 5.11. The Hall–Kier alpha value is -1.22. The zero-order chi connectivity index (χ0) is 17.1. The minimum atomic E-state index is -0.564. The van der Waals surface area contributed by atoms with Crippen molar-refractivity contribution in [3.8, 4) is 0 Å². The van der Waals surface area contributed by atoms with Crippen LogP contribution in [0.1, 0.15) is 25.7 Å². The number of aliphatic hydroxyl groups is 2. The molecule has 0 aromatic heterocycles. The minimum absolute atomic E-state index is 0.169. The molecule has 4 N–H and O–H groups in total. The quantitative estimate of drug-likeness (QED) is 0.467. The van der Waals surface area contributed by atoms with E-state index in [1.165, 1.54) is 0 Å². The first-order valence-electron chi connectivity index (χ1n) is 8.93. The highest BCUT2D eigenvalue weighted by atomic mass is 16.3. The minimum Gasteiger partial charge on any atom is -0.392 e. The molecule has 8 heteroatoms. The van der Waals surface area contributed by atoms with Gasteiger partial charge in [0.2, 0.25) is 11.8 Å². The first-order chi connectivity index (χ1) is 11.5. The lowest BCUT2D eigenvalue weighted by atomic mass is 10.0. The zero-order valence-corrected chi connectivity index (χ0v) is 14.0. The average Bonchev–Trinajstić information content (AvgIpc) is 2.52. The Bertz CT molecular complexity index is 433. The molecule has 24 heavy (non-hydrogen) atoms. The van der Waals surface area contributed by atoms with E-state index in [2.05, 4.69) is 10.6 Å². The Kier molecular flexibility index (Phi) is 5.70. The van der Waals surface area contributed by atoms with Crippen LogP contribution in [0.15, 0.2) is 0 Å². The molecule has 136 valence electrons. The summed E-state index contributed by atoms with van der Waals surface area (Å²) < 4.78 is 0. The van der Waals surface area contributed by atoms with E-state index in [-0.39, 0.29) is 24.0 Å². The summed E-state index contributed by atoms with van der Waals surface area (Å²) in [6.07, 6.45) is 2.71. The van der Waals surface area contributed by atoms with Gasteiger partial charge in [-0.2, -0.15) is 0 Å². The van der Waals surface area contributed by atoms with Gasteiger partial charge in [0.25, 0.3) is 0 Å². The molecule has 0 radical (unpaired) electrons. The van der Waals surface area contributed by atoms with Gasteiger partial charge < -0.3 is 20.8 Å². The lowest BCUT2D eigenvalue weighted by molar-refractivity contribution is -0.138. The van der Waals surface area contributed by atoms with Gasteiger partial charge in [-0.1, -0.05) is 0 Å². The van der Waals surface area contributed by atoms with Crippen molar-refractivity contribution in [1.29, 1.82) is 0 Å². The van der Waals surface area contributed by atoms with Gasteiger partial charge in [-0.3, -0.25) is 19.4 Å². The summed E-state index contributed by atoms with van der Waals surface area (Å²) in [5, 5.41) is 25.1. The summed E-state index contributed by atoms with van der Waals surface area (Å²) in [5.74, 6) is -0.338. The van der Waals surface area contributed by atoms with Crippen molar-refractivity contribution in [2.24, 2.45) is 0 Å². The zero-order valence-electron chi connectivity index (χ0n) is 14.0. The van der Waals surface area contributed by atoms with Crippen molar-refractivity contribution < 1.29 is 19.8 Å². The standard InChI is InChI=1S/C16H28N4O4/c21-11-3-1-5-19(7-11)9-13-15(23)18-14(16(24)17-13)10-20-6-2-4-12(22)8-20/h11-14,21-22H,1-10H2,(H,17,24)(H,18,23)/t11-,12-,13+,14+/m0/s1. The molecule has 0 spiro atoms. The Balaban J connectivity index is 1.50. The second-order valence-corrected chi connectivity index (χ2v) is 7.23. The van der Waals surface area contributed by atoms with Gasteiger partial charge >= 0.3 is 0 Å². The molecule has 0 aromatic rings. The molecule has 4 atom stereocenters. The Morgan fingerprint density at radius 2 is 1.25 bits per heavy atom. The number of aliphatic hydroxyl groups excluding tert-OH is 2. The topological polar surface area (TPSA) is 105 Å². The van der Waals surface area contributed by atoms with E-state index in [0.29, 0.717) is 26.2 Å². The van der Waals surface area contributed by atoms with Crippen LogP contribution < -0.4 is 10.6 Å². The highest BCUT2D eigenvalue weighted by Gasteiger charge is 2.36. The van der Waals surface area contributed by atoms with Crippen LogP contribution in [-0.2, 0) is 9.59 Å². The molecule has 3 fully saturated rings. The fourth-order valence-corrected chi connectivity index (χ4v) is 3.84. The van der Waals surface area contributed by atoms with Crippen LogP contribution >= 0.6 is 0 Å². The molecule has 0 saturated carbocycles. The van der Waals surface area contributed by atoms with Crippen molar-refractivity contribution in [1.82, 2.24) is 20.4 Å². The Labute approximate surface area is 142 Å². The summed E-state index contributed by atoms with van der Waals surface area (Å²) in [6.45, 7) is 3.65. The number of carbonyl (C=O) groups is 2. The smallest absolute Gasteiger partial charge is 0.244 e. The molecule has 3 saturated heterocycles. The molecule has 3 aliphatic heterocycles. The third kappa shape index (κ3) is 4.44. The molecule has 0 aliphatic carbocycles. The van der Waals surface area contributed by atoms with Crippen LogP contribution in [-0.4, -0.2) is 95.4 Å².